The predicted octanol–water partition coefficient (Wildman–Crippen LogP) is 2.17. The molecule has 0 aliphatic carbocycles. The van der Waals surface area contributed by atoms with E-state index in [1.165, 1.54) is 15.6 Å². The van der Waals surface area contributed by atoms with Gasteiger partial charge < -0.3 is 10.6 Å². The fourth-order valence-electron chi connectivity index (χ4n) is 2.74. The molecule has 7 nitrogen and oxygen atoms in total. The van der Waals surface area contributed by atoms with Gasteiger partial charge in [0.2, 0.25) is 0 Å². The lowest BCUT2D eigenvalue weighted by atomic mass is 10.2. The fourth-order valence-corrected chi connectivity index (χ4v) is 5.21. The van der Waals surface area contributed by atoms with Crippen LogP contribution in [0.2, 0.25) is 0 Å². The molecule has 0 aliphatic heterocycles. The van der Waals surface area contributed by atoms with E-state index < -0.39 is 10.0 Å². The number of nitrogens with one attached hydrogen (secondary N) is 2. The lowest BCUT2D eigenvalue weighted by molar-refractivity contribution is 0.173. The van der Waals surface area contributed by atoms with Crippen LogP contribution in [-0.2, 0) is 16.6 Å². The van der Waals surface area contributed by atoms with Gasteiger partial charge in [-0.2, -0.15) is 0 Å². The van der Waals surface area contributed by atoms with Crippen LogP contribution in [0.15, 0.2) is 21.3 Å². The largest absolute Gasteiger partial charge is 0.356 e. The van der Waals surface area contributed by atoms with Crippen LogP contribution >= 0.6 is 11.3 Å². The molecule has 0 fully saturated rings. The van der Waals surface area contributed by atoms with E-state index in [9.17, 15) is 8.42 Å². The Morgan fingerprint density at radius 1 is 1.15 bits per heavy atom. The van der Waals surface area contributed by atoms with Crippen molar-refractivity contribution in [3.63, 3.8) is 0 Å². The van der Waals surface area contributed by atoms with E-state index in [1.54, 1.807) is 27.2 Å². The first kappa shape index (κ1) is 23.9. The Hall–Kier alpha value is -1.16. The average Bonchev–Trinajstić information content (AvgIpc) is 3.06. The number of sulfonamides is 1. The molecule has 1 aromatic heterocycles. The summed E-state index contributed by atoms with van der Waals surface area (Å²) in [5.74, 6) is 0.723. The number of thiophene rings is 1. The van der Waals surface area contributed by atoms with Crippen molar-refractivity contribution in [2.24, 2.45) is 4.99 Å². The number of aliphatic imine (C=N–C) groups is 1. The van der Waals surface area contributed by atoms with Crippen LogP contribution in [0.4, 0.5) is 0 Å². The Morgan fingerprint density at radius 2 is 1.78 bits per heavy atom. The van der Waals surface area contributed by atoms with E-state index in [0.717, 1.165) is 30.3 Å². The third-order valence-electron chi connectivity index (χ3n) is 4.24. The van der Waals surface area contributed by atoms with Gasteiger partial charge in [0.05, 0.1) is 6.54 Å². The molecule has 0 radical (unpaired) electrons. The van der Waals surface area contributed by atoms with E-state index in [1.807, 2.05) is 6.07 Å². The van der Waals surface area contributed by atoms with Crippen molar-refractivity contribution in [1.82, 2.24) is 19.8 Å². The van der Waals surface area contributed by atoms with Crippen molar-refractivity contribution < 1.29 is 8.42 Å². The van der Waals surface area contributed by atoms with Crippen molar-refractivity contribution in [2.75, 3.05) is 34.2 Å². The summed E-state index contributed by atoms with van der Waals surface area (Å²) in [5.41, 5.74) is 0. The lowest BCUT2D eigenvalue weighted by Crippen LogP contribution is -2.41. The Labute approximate surface area is 168 Å². The van der Waals surface area contributed by atoms with Crippen molar-refractivity contribution in [2.45, 2.75) is 57.0 Å². The molecule has 1 rings (SSSR count). The van der Waals surface area contributed by atoms with E-state index >= 15 is 0 Å². The number of guanidine groups is 1. The molecular formula is C18H35N5O2S2. The topological polar surface area (TPSA) is 77.0 Å². The van der Waals surface area contributed by atoms with E-state index in [0.29, 0.717) is 22.8 Å². The van der Waals surface area contributed by atoms with Crippen LogP contribution in [0.3, 0.4) is 0 Å². The van der Waals surface area contributed by atoms with Crippen molar-refractivity contribution >= 4 is 27.3 Å². The van der Waals surface area contributed by atoms with Gasteiger partial charge in [0.1, 0.15) is 4.21 Å². The second-order valence-electron chi connectivity index (χ2n) is 7.14. The molecule has 1 aromatic rings. The third kappa shape index (κ3) is 7.40. The van der Waals surface area contributed by atoms with Gasteiger partial charge in [0.15, 0.2) is 5.96 Å². The maximum atomic E-state index is 12.1. The first-order chi connectivity index (χ1) is 12.6. The maximum absolute atomic E-state index is 12.1. The lowest BCUT2D eigenvalue weighted by Gasteiger charge is -2.30. The van der Waals surface area contributed by atoms with Crippen LogP contribution in [0.25, 0.3) is 0 Å². The average molecular weight is 418 g/mol. The van der Waals surface area contributed by atoms with Crippen LogP contribution in [0, 0.1) is 0 Å². The molecular weight excluding hydrogens is 382 g/mol. The van der Waals surface area contributed by atoms with Crippen molar-refractivity contribution in [3.8, 4) is 0 Å². The molecule has 0 amide bonds. The van der Waals surface area contributed by atoms with Gasteiger partial charge in [-0.3, -0.25) is 9.89 Å². The van der Waals surface area contributed by atoms with Crippen LogP contribution in [0.1, 0.15) is 39.0 Å². The summed E-state index contributed by atoms with van der Waals surface area (Å²) in [5, 5.41) is 6.56. The number of hydrogen-bond donors (Lipinski definition) is 2. The molecule has 27 heavy (non-hydrogen) atoms. The van der Waals surface area contributed by atoms with Crippen LogP contribution in [-0.4, -0.2) is 69.9 Å². The predicted molar refractivity (Wildman–Crippen MR) is 115 cm³/mol. The number of nitrogens with zero attached hydrogens (tertiary/aromatic N) is 3. The Kier molecular flexibility index (Phi) is 9.72. The van der Waals surface area contributed by atoms with E-state index in [2.05, 4.69) is 48.2 Å². The molecule has 0 aromatic carbocycles. The highest BCUT2D eigenvalue weighted by Gasteiger charge is 2.19. The molecule has 0 spiro atoms. The monoisotopic (exact) mass is 417 g/mol. The minimum atomic E-state index is -3.37. The van der Waals surface area contributed by atoms with Crippen LogP contribution in [0.5, 0.6) is 0 Å². The molecule has 1 heterocycles. The highest BCUT2D eigenvalue weighted by atomic mass is 32.2. The smallest absolute Gasteiger partial charge is 0.252 e. The fraction of sp³-hybridized carbons (Fsp3) is 0.722. The summed E-state index contributed by atoms with van der Waals surface area (Å²) in [4.78, 5) is 7.65. The second kappa shape index (κ2) is 11.0. The summed E-state index contributed by atoms with van der Waals surface area (Å²) < 4.78 is 25.9. The van der Waals surface area contributed by atoms with Gasteiger partial charge in [-0.15, -0.1) is 11.3 Å². The summed E-state index contributed by atoms with van der Waals surface area (Å²) >= 11 is 1.28. The molecule has 0 saturated heterocycles. The van der Waals surface area contributed by atoms with E-state index in [4.69, 9.17) is 0 Å². The molecule has 0 bridgehead atoms. The zero-order valence-corrected chi connectivity index (χ0v) is 19.2. The number of rotatable bonds is 10. The van der Waals surface area contributed by atoms with E-state index in [-0.39, 0.29) is 0 Å². The molecule has 0 saturated carbocycles. The maximum Gasteiger partial charge on any atom is 0.252 e. The summed E-state index contributed by atoms with van der Waals surface area (Å²) in [6.07, 6.45) is 1.03. The highest BCUT2D eigenvalue weighted by Crippen LogP contribution is 2.23. The standard InChI is InChI=1S/C18H35N5O2S2/c1-14(2)23(15(3)4)12-8-11-20-18(19-5)21-13-16-9-10-17(26-16)27(24,25)22(6)7/h9-10,14-15H,8,11-13H2,1-7H3,(H2,19,20,21). The van der Waals surface area contributed by atoms with Gasteiger partial charge >= 0.3 is 0 Å². The van der Waals surface area contributed by atoms with Gasteiger partial charge in [-0.1, -0.05) is 0 Å². The minimum Gasteiger partial charge on any atom is -0.356 e. The van der Waals surface area contributed by atoms with Gasteiger partial charge in [0, 0.05) is 51.2 Å². The Bertz CT molecular complexity index is 688. The molecule has 0 atom stereocenters. The Balaban J connectivity index is 2.46. The van der Waals surface area contributed by atoms with Gasteiger partial charge in [-0.25, -0.2) is 12.7 Å². The summed E-state index contributed by atoms with van der Waals surface area (Å²) in [6, 6.07) is 4.56. The van der Waals surface area contributed by atoms with Crippen LogP contribution < -0.4 is 10.6 Å². The number of hydrogen-bond acceptors (Lipinski definition) is 5. The Morgan fingerprint density at radius 3 is 2.30 bits per heavy atom. The zero-order valence-electron chi connectivity index (χ0n) is 17.6. The zero-order chi connectivity index (χ0) is 20.6. The molecule has 156 valence electrons. The minimum absolute atomic E-state index is 0.356. The SMILES string of the molecule is CN=C(NCCCN(C(C)C)C(C)C)NCc1ccc(S(=O)(=O)N(C)C)s1. The van der Waals surface area contributed by atoms with Gasteiger partial charge in [-0.05, 0) is 46.2 Å². The first-order valence-electron chi connectivity index (χ1n) is 9.31. The molecule has 9 heteroatoms. The molecule has 2 N–H and O–H groups in total. The molecule has 0 aliphatic rings. The third-order valence-corrected chi connectivity index (χ3v) is 7.61. The normalized spacial score (nSPS) is 13.2. The second-order valence-corrected chi connectivity index (χ2v) is 10.7. The summed E-state index contributed by atoms with van der Waals surface area (Å²) in [6.45, 7) is 11.3. The van der Waals surface area contributed by atoms with Gasteiger partial charge in [0.25, 0.3) is 10.0 Å². The van der Waals surface area contributed by atoms with Crippen molar-refractivity contribution in [3.05, 3.63) is 17.0 Å². The quantitative estimate of drug-likeness (QED) is 0.347. The van der Waals surface area contributed by atoms with Crippen molar-refractivity contribution in [1.29, 1.82) is 0 Å². The molecule has 0 unspecified atom stereocenters. The summed E-state index contributed by atoms with van der Waals surface area (Å²) in [7, 11) is 1.45. The highest BCUT2D eigenvalue weighted by molar-refractivity contribution is 7.91. The first-order valence-corrected chi connectivity index (χ1v) is 11.6.